The summed E-state index contributed by atoms with van der Waals surface area (Å²) in [6.45, 7) is 3.64. The van der Waals surface area contributed by atoms with Gasteiger partial charge in [0.25, 0.3) is 0 Å². The molecule has 0 heterocycles. The molecular formula is C11H10F. The number of aryl methyl sites for hydroxylation is 1. The quantitative estimate of drug-likeness (QED) is 0.555. The predicted octanol–water partition coefficient (Wildman–Crippen LogP) is 2.71. The third kappa shape index (κ3) is 1.85. The molecule has 0 atom stereocenters. The Kier molecular flexibility index (Phi) is 2.50. The maximum Gasteiger partial charge on any atom is 0.123 e. The average molecular weight is 161 g/mol. The summed E-state index contributed by atoms with van der Waals surface area (Å²) in [5, 5.41) is 0. The van der Waals surface area contributed by atoms with Crippen molar-refractivity contribution in [2.75, 3.05) is 0 Å². The van der Waals surface area contributed by atoms with E-state index < -0.39 is 0 Å². The molecule has 0 saturated heterocycles. The van der Waals surface area contributed by atoms with Crippen LogP contribution in [0.2, 0.25) is 0 Å². The van der Waals surface area contributed by atoms with Crippen LogP contribution in [0.15, 0.2) is 18.2 Å². The second-order valence-electron chi connectivity index (χ2n) is 2.79. The number of benzene rings is 1. The van der Waals surface area contributed by atoms with E-state index in [2.05, 4.69) is 5.92 Å². The van der Waals surface area contributed by atoms with Gasteiger partial charge >= 0.3 is 0 Å². The number of hydrogen-bond acceptors (Lipinski definition) is 0. The van der Waals surface area contributed by atoms with E-state index in [1.807, 2.05) is 13.0 Å². The van der Waals surface area contributed by atoms with Gasteiger partial charge in [0, 0.05) is 0 Å². The highest BCUT2D eigenvalue weighted by Crippen LogP contribution is 2.16. The molecule has 0 aliphatic heterocycles. The normalized spacial score (nSPS) is 9.92. The molecule has 0 amide bonds. The van der Waals surface area contributed by atoms with Gasteiger partial charge in [-0.1, -0.05) is 12.0 Å². The van der Waals surface area contributed by atoms with E-state index in [0.29, 0.717) is 0 Å². The van der Waals surface area contributed by atoms with E-state index in [4.69, 9.17) is 6.42 Å². The summed E-state index contributed by atoms with van der Waals surface area (Å²) < 4.78 is 12.8. The molecule has 0 aliphatic rings. The van der Waals surface area contributed by atoms with Crippen molar-refractivity contribution >= 4 is 0 Å². The van der Waals surface area contributed by atoms with Gasteiger partial charge in [0.15, 0.2) is 0 Å². The Hall–Kier alpha value is -1.29. The first-order chi connectivity index (χ1) is 5.63. The average Bonchev–Trinajstić information content (AvgIpc) is 2.01. The Balaban J connectivity index is 3.10. The monoisotopic (exact) mass is 161 g/mol. The minimum Gasteiger partial charge on any atom is -0.207 e. The summed E-state index contributed by atoms with van der Waals surface area (Å²) in [5.74, 6) is 3.01. The molecular weight excluding hydrogens is 151 g/mol. The lowest BCUT2D eigenvalue weighted by Gasteiger charge is -2.04. The van der Waals surface area contributed by atoms with E-state index >= 15 is 0 Å². The van der Waals surface area contributed by atoms with Crippen molar-refractivity contribution in [3.8, 4) is 12.3 Å². The van der Waals surface area contributed by atoms with Gasteiger partial charge in [-0.15, -0.1) is 6.42 Å². The largest absolute Gasteiger partial charge is 0.207 e. The highest BCUT2D eigenvalue weighted by atomic mass is 19.1. The minimum absolute atomic E-state index is 0.236. The predicted molar refractivity (Wildman–Crippen MR) is 48.0 cm³/mol. The van der Waals surface area contributed by atoms with Gasteiger partial charge in [0.2, 0.25) is 0 Å². The first-order valence-corrected chi connectivity index (χ1v) is 3.71. The number of halogens is 1. The molecule has 1 rings (SSSR count). The topological polar surface area (TPSA) is 0 Å². The highest BCUT2D eigenvalue weighted by Gasteiger charge is 2.04. The van der Waals surface area contributed by atoms with Crippen molar-refractivity contribution < 1.29 is 4.39 Å². The van der Waals surface area contributed by atoms with Gasteiger partial charge in [-0.25, -0.2) is 4.39 Å². The van der Waals surface area contributed by atoms with Crippen molar-refractivity contribution in [3.05, 3.63) is 41.1 Å². The van der Waals surface area contributed by atoms with Crippen LogP contribution in [0.25, 0.3) is 0 Å². The Labute approximate surface area is 72.4 Å². The second kappa shape index (κ2) is 3.40. The minimum atomic E-state index is -0.236. The number of hydrogen-bond donors (Lipinski definition) is 0. The number of rotatable bonds is 1. The van der Waals surface area contributed by atoms with Crippen molar-refractivity contribution in [1.82, 2.24) is 0 Å². The van der Waals surface area contributed by atoms with Crippen LogP contribution in [-0.2, 0) is 0 Å². The van der Waals surface area contributed by atoms with E-state index in [-0.39, 0.29) is 5.82 Å². The maximum atomic E-state index is 12.8. The van der Waals surface area contributed by atoms with Gasteiger partial charge in [0.1, 0.15) is 5.82 Å². The van der Waals surface area contributed by atoms with Gasteiger partial charge in [-0.05, 0) is 37.1 Å². The zero-order valence-electron chi connectivity index (χ0n) is 7.19. The third-order valence-electron chi connectivity index (χ3n) is 1.69. The first-order valence-electron chi connectivity index (χ1n) is 3.71. The lowest BCUT2D eigenvalue weighted by Crippen LogP contribution is -1.92. The van der Waals surface area contributed by atoms with Crippen LogP contribution in [0.3, 0.4) is 0 Å². The zero-order chi connectivity index (χ0) is 9.14. The van der Waals surface area contributed by atoms with Crippen LogP contribution in [-0.4, -0.2) is 0 Å². The van der Waals surface area contributed by atoms with E-state index in [0.717, 1.165) is 17.0 Å². The maximum absolute atomic E-state index is 12.8. The lowest BCUT2D eigenvalue weighted by molar-refractivity contribution is 0.625. The molecule has 12 heavy (non-hydrogen) atoms. The van der Waals surface area contributed by atoms with Crippen LogP contribution in [0.1, 0.15) is 18.1 Å². The summed E-state index contributed by atoms with van der Waals surface area (Å²) in [4.78, 5) is 0. The molecule has 0 bridgehead atoms. The van der Waals surface area contributed by atoms with E-state index in [9.17, 15) is 4.39 Å². The smallest absolute Gasteiger partial charge is 0.123 e. The first kappa shape index (κ1) is 8.80. The van der Waals surface area contributed by atoms with Crippen LogP contribution in [0.4, 0.5) is 4.39 Å². The lowest BCUT2D eigenvalue weighted by atomic mass is 10.0. The molecule has 1 aromatic carbocycles. The molecule has 1 radical (unpaired) electrons. The molecule has 61 valence electrons. The summed E-state index contributed by atoms with van der Waals surface area (Å²) in [7, 11) is 0. The standard InChI is InChI=1S/C11H10F/c1-4-9(3)10-5-8(2)6-11(12)7-10/h1,5-7H,2-3H3. The molecule has 0 N–H and O–H groups in total. The second-order valence-corrected chi connectivity index (χ2v) is 2.79. The number of terminal acetylenes is 1. The van der Waals surface area contributed by atoms with Crippen molar-refractivity contribution in [1.29, 1.82) is 0 Å². The zero-order valence-corrected chi connectivity index (χ0v) is 7.19. The molecule has 1 aromatic rings. The fraction of sp³-hybridized carbons (Fsp3) is 0.182. The summed E-state index contributed by atoms with van der Waals surface area (Å²) in [5.41, 5.74) is 1.68. The highest BCUT2D eigenvalue weighted by molar-refractivity contribution is 5.41. The fourth-order valence-corrected chi connectivity index (χ4v) is 1.04. The Morgan fingerprint density at radius 2 is 2.08 bits per heavy atom. The molecule has 0 aromatic heterocycles. The van der Waals surface area contributed by atoms with E-state index in [1.54, 1.807) is 6.92 Å². The molecule has 0 fully saturated rings. The SMILES string of the molecule is C#C[C](C)c1cc(C)cc(F)c1. The summed E-state index contributed by atoms with van der Waals surface area (Å²) >= 11 is 0. The summed E-state index contributed by atoms with van der Waals surface area (Å²) in [6, 6.07) is 4.80. The molecule has 0 spiro atoms. The summed E-state index contributed by atoms with van der Waals surface area (Å²) in [6.07, 6.45) is 5.19. The Morgan fingerprint density at radius 3 is 2.58 bits per heavy atom. The molecule has 0 nitrogen and oxygen atoms in total. The van der Waals surface area contributed by atoms with Crippen molar-refractivity contribution in [2.45, 2.75) is 13.8 Å². The van der Waals surface area contributed by atoms with Crippen LogP contribution >= 0.6 is 0 Å². The van der Waals surface area contributed by atoms with Crippen LogP contribution in [0, 0.1) is 31.0 Å². The fourth-order valence-electron chi connectivity index (χ4n) is 1.04. The molecule has 0 unspecified atom stereocenters. The molecule has 1 heteroatoms. The van der Waals surface area contributed by atoms with Gasteiger partial charge in [0.05, 0.1) is 5.92 Å². The Bertz CT molecular complexity index is 300. The van der Waals surface area contributed by atoms with E-state index in [1.165, 1.54) is 12.1 Å². The Morgan fingerprint density at radius 1 is 1.42 bits per heavy atom. The van der Waals surface area contributed by atoms with Gasteiger partial charge in [-0.3, -0.25) is 0 Å². The van der Waals surface area contributed by atoms with Crippen LogP contribution in [0.5, 0.6) is 0 Å². The van der Waals surface area contributed by atoms with Crippen molar-refractivity contribution in [2.24, 2.45) is 0 Å². The van der Waals surface area contributed by atoms with Crippen LogP contribution < -0.4 is 0 Å². The van der Waals surface area contributed by atoms with Gasteiger partial charge in [-0.2, -0.15) is 0 Å². The molecule has 0 aliphatic carbocycles. The van der Waals surface area contributed by atoms with Crippen molar-refractivity contribution in [3.63, 3.8) is 0 Å². The third-order valence-corrected chi connectivity index (χ3v) is 1.69. The molecule has 0 saturated carbocycles. The van der Waals surface area contributed by atoms with Gasteiger partial charge < -0.3 is 0 Å².